The Hall–Kier alpha value is -0.850. The molecule has 1 aliphatic heterocycles. The lowest BCUT2D eigenvalue weighted by Gasteiger charge is -2.33. The number of carbonyl (C=O) groups excluding carboxylic acids is 1. The number of furan rings is 1. The Morgan fingerprint density at radius 1 is 1.35 bits per heavy atom. The molecule has 2 rings (SSSR count). The topological polar surface area (TPSA) is 56.9 Å². The molecule has 1 saturated heterocycles. The Morgan fingerprint density at radius 2 is 2.06 bits per heavy atom. The highest BCUT2D eigenvalue weighted by Gasteiger charge is 2.23. The summed E-state index contributed by atoms with van der Waals surface area (Å²) in [6.07, 6.45) is 0. The van der Waals surface area contributed by atoms with Gasteiger partial charge in [-0.05, 0) is 28.1 Å². The number of rotatable bonds is 3. The maximum atomic E-state index is 12.0. The van der Waals surface area contributed by atoms with E-state index in [1.807, 2.05) is 0 Å². The largest absolute Gasteiger partial charge is 0.444 e. The zero-order chi connectivity index (χ0) is 12.3. The van der Waals surface area contributed by atoms with Gasteiger partial charge in [0.2, 0.25) is 0 Å². The van der Waals surface area contributed by atoms with Gasteiger partial charge >= 0.3 is 0 Å². The fourth-order valence-corrected chi connectivity index (χ4v) is 2.21. The maximum Gasteiger partial charge on any atom is 0.289 e. The van der Waals surface area contributed by atoms with Crippen LogP contribution in [0.25, 0.3) is 0 Å². The van der Waals surface area contributed by atoms with Crippen LogP contribution in [0.15, 0.2) is 21.2 Å². The van der Waals surface area contributed by atoms with Gasteiger partial charge in [0.15, 0.2) is 10.4 Å². The van der Waals surface area contributed by atoms with Crippen LogP contribution in [0.2, 0.25) is 0 Å². The van der Waals surface area contributed by atoms with Crippen molar-refractivity contribution in [3.63, 3.8) is 0 Å². The molecule has 17 heavy (non-hydrogen) atoms. The first-order valence-corrected chi connectivity index (χ1v) is 6.38. The van der Waals surface area contributed by atoms with Crippen LogP contribution in [0.5, 0.6) is 0 Å². The van der Waals surface area contributed by atoms with Gasteiger partial charge in [0.1, 0.15) is 0 Å². The van der Waals surface area contributed by atoms with Crippen molar-refractivity contribution in [3.8, 4) is 0 Å². The minimum absolute atomic E-state index is 0.0700. The normalized spacial score (nSPS) is 17.4. The first-order valence-electron chi connectivity index (χ1n) is 5.58. The SMILES string of the molecule is O=C(c1ccc(Br)o1)N1CCN(CCO)CC1. The van der Waals surface area contributed by atoms with Crippen LogP contribution < -0.4 is 0 Å². The molecule has 1 N–H and O–H groups in total. The fraction of sp³-hybridized carbons (Fsp3) is 0.545. The Labute approximate surface area is 108 Å². The van der Waals surface area contributed by atoms with E-state index in [-0.39, 0.29) is 12.5 Å². The molecular formula is C11H15BrN2O3. The summed E-state index contributed by atoms with van der Waals surface area (Å²) in [5.74, 6) is 0.298. The van der Waals surface area contributed by atoms with Gasteiger partial charge in [0.25, 0.3) is 5.91 Å². The minimum Gasteiger partial charge on any atom is -0.444 e. The van der Waals surface area contributed by atoms with Gasteiger partial charge in [0.05, 0.1) is 6.61 Å². The van der Waals surface area contributed by atoms with E-state index in [0.717, 1.165) is 13.1 Å². The summed E-state index contributed by atoms with van der Waals surface area (Å²) in [6, 6.07) is 3.39. The Balaban J connectivity index is 1.90. The van der Waals surface area contributed by atoms with Crippen molar-refractivity contribution in [1.29, 1.82) is 0 Å². The predicted molar refractivity (Wildman–Crippen MR) is 65.8 cm³/mol. The summed E-state index contributed by atoms with van der Waals surface area (Å²) in [7, 11) is 0. The van der Waals surface area contributed by atoms with Gasteiger partial charge in [-0.25, -0.2) is 0 Å². The standard InChI is InChI=1S/C11H15BrN2O3/c12-10-2-1-9(17-10)11(16)14-5-3-13(4-6-14)7-8-15/h1-2,15H,3-8H2. The lowest BCUT2D eigenvalue weighted by Crippen LogP contribution is -2.49. The number of aliphatic hydroxyl groups is 1. The van der Waals surface area contributed by atoms with Crippen LogP contribution in [0, 0.1) is 0 Å². The molecule has 5 nitrogen and oxygen atoms in total. The number of piperazine rings is 1. The van der Waals surface area contributed by atoms with Crippen molar-refractivity contribution in [3.05, 3.63) is 22.6 Å². The second-order valence-electron chi connectivity index (χ2n) is 3.96. The molecule has 6 heteroatoms. The van der Waals surface area contributed by atoms with Crippen molar-refractivity contribution >= 4 is 21.8 Å². The monoisotopic (exact) mass is 302 g/mol. The lowest BCUT2D eigenvalue weighted by molar-refractivity contribution is 0.0584. The zero-order valence-electron chi connectivity index (χ0n) is 9.43. The van der Waals surface area contributed by atoms with E-state index in [1.54, 1.807) is 17.0 Å². The molecule has 1 aliphatic rings. The molecule has 94 valence electrons. The molecule has 1 aromatic rings. The fourth-order valence-electron chi connectivity index (χ4n) is 1.90. The first kappa shape index (κ1) is 12.6. The summed E-state index contributed by atoms with van der Waals surface area (Å²) < 4.78 is 5.81. The molecule has 2 heterocycles. The lowest BCUT2D eigenvalue weighted by atomic mass is 10.3. The molecule has 0 aromatic carbocycles. The number of nitrogens with zero attached hydrogens (tertiary/aromatic N) is 2. The minimum atomic E-state index is -0.0700. The van der Waals surface area contributed by atoms with E-state index in [0.29, 0.717) is 30.1 Å². The van der Waals surface area contributed by atoms with Crippen molar-refractivity contribution in [2.45, 2.75) is 0 Å². The first-order chi connectivity index (χ1) is 8.20. The molecule has 1 aromatic heterocycles. The smallest absolute Gasteiger partial charge is 0.289 e. The molecule has 0 bridgehead atoms. The van der Waals surface area contributed by atoms with Gasteiger partial charge in [-0.1, -0.05) is 0 Å². The second-order valence-corrected chi connectivity index (χ2v) is 4.74. The Bertz CT molecular complexity index is 386. The van der Waals surface area contributed by atoms with Gasteiger partial charge < -0.3 is 14.4 Å². The molecular weight excluding hydrogens is 288 g/mol. The Kier molecular flexibility index (Phi) is 4.20. The molecule has 0 spiro atoms. The van der Waals surface area contributed by atoms with E-state index in [4.69, 9.17) is 9.52 Å². The van der Waals surface area contributed by atoms with E-state index < -0.39 is 0 Å². The highest BCUT2D eigenvalue weighted by Crippen LogP contribution is 2.16. The third-order valence-corrected chi connectivity index (χ3v) is 3.29. The Morgan fingerprint density at radius 3 is 2.59 bits per heavy atom. The summed E-state index contributed by atoms with van der Waals surface area (Å²) in [4.78, 5) is 15.9. The van der Waals surface area contributed by atoms with Crippen LogP contribution in [0.3, 0.4) is 0 Å². The van der Waals surface area contributed by atoms with Crippen molar-refractivity contribution < 1.29 is 14.3 Å². The highest BCUT2D eigenvalue weighted by molar-refractivity contribution is 9.10. The highest BCUT2D eigenvalue weighted by atomic mass is 79.9. The number of hydrogen-bond donors (Lipinski definition) is 1. The van der Waals surface area contributed by atoms with Crippen LogP contribution >= 0.6 is 15.9 Å². The van der Waals surface area contributed by atoms with E-state index in [2.05, 4.69) is 20.8 Å². The van der Waals surface area contributed by atoms with Gasteiger partial charge in [0, 0.05) is 32.7 Å². The molecule has 0 aliphatic carbocycles. The van der Waals surface area contributed by atoms with Crippen LogP contribution in [-0.2, 0) is 0 Å². The van der Waals surface area contributed by atoms with Gasteiger partial charge in [-0.2, -0.15) is 0 Å². The van der Waals surface area contributed by atoms with Gasteiger partial charge in [-0.15, -0.1) is 0 Å². The number of β-amino-alcohol motifs (C(OH)–C–C–N with tert-alkyl or cyclic N) is 1. The van der Waals surface area contributed by atoms with Crippen LogP contribution in [-0.4, -0.2) is 60.1 Å². The third-order valence-electron chi connectivity index (χ3n) is 2.86. The maximum absolute atomic E-state index is 12.0. The van der Waals surface area contributed by atoms with Crippen LogP contribution in [0.1, 0.15) is 10.6 Å². The molecule has 1 amide bonds. The van der Waals surface area contributed by atoms with E-state index in [9.17, 15) is 4.79 Å². The third kappa shape index (κ3) is 3.08. The number of halogens is 1. The van der Waals surface area contributed by atoms with Crippen molar-refractivity contribution in [2.75, 3.05) is 39.3 Å². The average molecular weight is 303 g/mol. The summed E-state index contributed by atoms with van der Waals surface area (Å²) in [5.41, 5.74) is 0. The zero-order valence-corrected chi connectivity index (χ0v) is 11.0. The average Bonchev–Trinajstić information content (AvgIpc) is 2.76. The number of amides is 1. The molecule has 1 fully saturated rings. The number of aliphatic hydroxyl groups excluding tert-OH is 1. The molecule has 0 unspecified atom stereocenters. The predicted octanol–water partition coefficient (Wildman–Crippen LogP) is 0.792. The summed E-state index contributed by atoms with van der Waals surface area (Å²) >= 11 is 3.18. The second kappa shape index (κ2) is 5.66. The number of hydrogen-bond acceptors (Lipinski definition) is 4. The molecule has 0 atom stereocenters. The summed E-state index contributed by atoms with van der Waals surface area (Å²) in [5, 5.41) is 8.83. The van der Waals surface area contributed by atoms with Crippen LogP contribution in [0.4, 0.5) is 0 Å². The van der Waals surface area contributed by atoms with E-state index in [1.165, 1.54) is 0 Å². The van der Waals surface area contributed by atoms with Crippen molar-refractivity contribution in [2.24, 2.45) is 0 Å². The number of carbonyl (C=O) groups is 1. The van der Waals surface area contributed by atoms with E-state index >= 15 is 0 Å². The quantitative estimate of drug-likeness (QED) is 0.897. The summed E-state index contributed by atoms with van der Waals surface area (Å²) in [6.45, 7) is 3.80. The van der Waals surface area contributed by atoms with Crippen molar-refractivity contribution in [1.82, 2.24) is 9.80 Å². The van der Waals surface area contributed by atoms with Gasteiger partial charge in [-0.3, -0.25) is 9.69 Å². The molecule has 0 saturated carbocycles. The molecule has 0 radical (unpaired) electrons.